The highest BCUT2D eigenvalue weighted by atomic mass is 32.2. The van der Waals surface area contributed by atoms with Gasteiger partial charge in [-0.05, 0) is 6.07 Å². The van der Waals surface area contributed by atoms with Crippen molar-refractivity contribution in [3.05, 3.63) is 17.7 Å². The fourth-order valence-corrected chi connectivity index (χ4v) is 4.29. The van der Waals surface area contributed by atoms with E-state index in [0.717, 1.165) is 0 Å². The largest absolute Gasteiger partial charge is 0.454 e. The smallest absolute Gasteiger partial charge is 0.387 e. The van der Waals surface area contributed by atoms with Crippen molar-refractivity contribution in [3.63, 3.8) is 0 Å². The lowest BCUT2D eigenvalue weighted by Gasteiger charge is -2.26. The molecule has 1 saturated heterocycles. The number of aliphatic imine (C=N–C) groups is 1. The van der Waals surface area contributed by atoms with E-state index < -0.39 is 16.4 Å². The van der Waals surface area contributed by atoms with E-state index in [1.165, 1.54) is 6.07 Å². The molecule has 0 bridgehead atoms. The number of nitrogens with one attached hydrogen (secondary N) is 2. The number of nitrogens with zero attached hydrogens (tertiary/aromatic N) is 2. The molecule has 0 atom stereocenters. The van der Waals surface area contributed by atoms with E-state index in [9.17, 15) is 17.2 Å². The number of fused-ring (bicyclic) bond motifs is 1. The Labute approximate surface area is 167 Å². The first-order valence-corrected chi connectivity index (χ1v) is 10.9. The quantitative estimate of drug-likeness (QED) is 0.470. The van der Waals surface area contributed by atoms with Crippen LogP contribution in [0, 0.1) is 0 Å². The average molecular weight is 434 g/mol. The molecule has 2 aliphatic rings. The maximum absolute atomic E-state index is 12.7. The fraction of sp³-hybridized carbons (Fsp3) is 0.588. The molecular formula is C17H24F2N4O5S. The minimum atomic E-state index is -2.96. The number of guanidine groups is 1. The molecule has 2 heterocycles. The zero-order valence-electron chi connectivity index (χ0n) is 16.0. The highest BCUT2D eigenvalue weighted by Gasteiger charge is 2.22. The van der Waals surface area contributed by atoms with Gasteiger partial charge in [-0.3, -0.25) is 9.89 Å². The molecule has 0 spiro atoms. The zero-order valence-corrected chi connectivity index (χ0v) is 16.8. The van der Waals surface area contributed by atoms with E-state index >= 15 is 0 Å². The number of alkyl halides is 2. The van der Waals surface area contributed by atoms with Crippen LogP contribution in [0.3, 0.4) is 0 Å². The first kappa shape index (κ1) is 21.4. The van der Waals surface area contributed by atoms with Gasteiger partial charge in [0.25, 0.3) is 0 Å². The summed E-state index contributed by atoms with van der Waals surface area (Å²) in [6.07, 6.45) is 0. The molecular weight excluding hydrogens is 410 g/mol. The van der Waals surface area contributed by atoms with Crippen molar-refractivity contribution in [2.24, 2.45) is 4.99 Å². The Hall–Kier alpha value is -2.34. The van der Waals surface area contributed by atoms with Gasteiger partial charge >= 0.3 is 6.61 Å². The molecule has 0 aromatic heterocycles. The van der Waals surface area contributed by atoms with E-state index in [1.807, 2.05) is 0 Å². The molecule has 2 aliphatic heterocycles. The molecule has 0 saturated carbocycles. The van der Waals surface area contributed by atoms with Crippen LogP contribution in [0.1, 0.15) is 5.56 Å². The van der Waals surface area contributed by atoms with E-state index in [1.54, 1.807) is 13.1 Å². The van der Waals surface area contributed by atoms with Crippen LogP contribution >= 0.6 is 0 Å². The summed E-state index contributed by atoms with van der Waals surface area (Å²) in [6.45, 7) is -0.494. The van der Waals surface area contributed by atoms with Crippen LogP contribution in [-0.4, -0.2) is 77.4 Å². The van der Waals surface area contributed by atoms with Crippen LogP contribution in [0.25, 0.3) is 0 Å². The molecule has 9 nitrogen and oxygen atoms in total. The highest BCUT2D eigenvalue weighted by molar-refractivity contribution is 7.91. The Balaban J connectivity index is 1.51. The summed E-state index contributed by atoms with van der Waals surface area (Å²) in [5.74, 6) is 1.66. The minimum absolute atomic E-state index is 0.00160. The van der Waals surface area contributed by atoms with E-state index in [-0.39, 0.29) is 30.6 Å². The molecule has 2 N–H and O–H groups in total. The molecule has 0 unspecified atom stereocenters. The molecule has 0 radical (unpaired) electrons. The van der Waals surface area contributed by atoms with Gasteiger partial charge < -0.3 is 24.8 Å². The third-order valence-electron chi connectivity index (χ3n) is 4.60. The van der Waals surface area contributed by atoms with Gasteiger partial charge in [0.15, 0.2) is 27.3 Å². The molecule has 162 valence electrons. The maximum atomic E-state index is 12.7. The normalized spacial score (nSPS) is 18.7. The number of rotatable bonds is 7. The van der Waals surface area contributed by atoms with Gasteiger partial charge in [0, 0.05) is 51.4 Å². The van der Waals surface area contributed by atoms with E-state index in [0.29, 0.717) is 49.2 Å². The lowest BCUT2D eigenvalue weighted by molar-refractivity contribution is -0.0505. The average Bonchev–Trinajstić information content (AvgIpc) is 3.12. The minimum Gasteiger partial charge on any atom is -0.454 e. The first-order chi connectivity index (χ1) is 13.9. The van der Waals surface area contributed by atoms with Crippen molar-refractivity contribution in [1.82, 2.24) is 15.5 Å². The lowest BCUT2D eigenvalue weighted by atomic mass is 10.1. The predicted octanol–water partition coefficient (Wildman–Crippen LogP) is 0.412. The van der Waals surface area contributed by atoms with Gasteiger partial charge in [-0.1, -0.05) is 0 Å². The Kier molecular flexibility index (Phi) is 6.96. The molecule has 0 aliphatic carbocycles. The van der Waals surface area contributed by atoms with Gasteiger partial charge in [-0.2, -0.15) is 8.78 Å². The molecule has 29 heavy (non-hydrogen) atoms. The molecule has 12 heteroatoms. The fourth-order valence-electron chi connectivity index (χ4n) is 3.02. The summed E-state index contributed by atoms with van der Waals surface area (Å²) in [4.78, 5) is 6.17. The van der Waals surface area contributed by atoms with Crippen molar-refractivity contribution < 1.29 is 31.4 Å². The molecule has 1 fully saturated rings. The third kappa shape index (κ3) is 6.07. The van der Waals surface area contributed by atoms with Crippen LogP contribution in [0.4, 0.5) is 8.78 Å². The topological polar surface area (TPSA) is 101 Å². The van der Waals surface area contributed by atoms with Gasteiger partial charge in [0.05, 0.1) is 11.5 Å². The Morgan fingerprint density at radius 2 is 1.93 bits per heavy atom. The number of halogens is 2. The van der Waals surface area contributed by atoms with Gasteiger partial charge in [0.1, 0.15) is 5.75 Å². The van der Waals surface area contributed by atoms with Crippen molar-refractivity contribution >= 4 is 15.8 Å². The van der Waals surface area contributed by atoms with Gasteiger partial charge in [-0.25, -0.2) is 8.42 Å². The number of benzene rings is 1. The molecule has 0 amide bonds. The summed E-state index contributed by atoms with van der Waals surface area (Å²) in [5, 5.41) is 6.17. The van der Waals surface area contributed by atoms with Crippen molar-refractivity contribution in [2.45, 2.75) is 13.2 Å². The summed E-state index contributed by atoms with van der Waals surface area (Å²) >= 11 is 0. The second-order valence-corrected chi connectivity index (χ2v) is 8.84. The Morgan fingerprint density at radius 1 is 1.24 bits per heavy atom. The van der Waals surface area contributed by atoms with Gasteiger partial charge in [0.2, 0.25) is 6.79 Å². The van der Waals surface area contributed by atoms with Crippen LogP contribution in [0.2, 0.25) is 0 Å². The second kappa shape index (κ2) is 9.44. The number of sulfone groups is 1. The maximum Gasteiger partial charge on any atom is 0.387 e. The SMILES string of the molecule is CN=C(NCCN1CCS(=O)(=O)CC1)NCc1cc2c(cc1OC(F)F)OCO2. The van der Waals surface area contributed by atoms with Crippen molar-refractivity contribution in [3.8, 4) is 17.2 Å². The summed E-state index contributed by atoms with van der Waals surface area (Å²) in [6, 6.07) is 2.97. The Morgan fingerprint density at radius 3 is 2.59 bits per heavy atom. The molecule has 1 aromatic rings. The number of ether oxygens (including phenoxy) is 3. The van der Waals surface area contributed by atoms with Crippen molar-refractivity contribution in [1.29, 1.82) is 0 Å². The van der Waals surface area contributed by atoms with Crippen LogP contribution < -0.4 is 24.8 Å². The number of hydrogen-bond acceptors (Lipinski definition) is 7. The Bertz CT molecular complexity index is 836. The van der Waals surface area contributed by atoms with Gasteiger partial charge in [-0.15, -0.1) is 0 Å². The van der Waals surface area contributed by atoms with Crippen LogP contribution in [0.5, 0.6) is 17.2 Å². The highest BCUT2D eigenvalue weighted by Crippen LogP contribution is 2.38. The van der Waals surface area contributed by atoms with Crippen LogP contribution in [0.15, 0.2) is 17.1 Å². The molecule has 3 rings (SSSR count). The molecule has 1 aromatic carbocycles. The summed E-state index contributed by atoms with van der Waals surface area (Å²) in [5.41, 5.74) is 0.471. The predicted molar refractivity (Wildman–Crippen MR) is 102 cm³/mol. The van der Waals surface area contributed by atoms with E-state index in [2.05, 4.69) is 25.3 Å². The van der Waals surface area contributed by atoms with Crippen molar-refractivity contribution in [2.75, 3.05) is 51.5 Å². The lowest BCUT2D eigenvalue weighted by Crippen LogP contribution is -2.45. The summed E-state index contributed by atoms with van der Waals surface area (Å²) < 4.78 is 63.4. The monoisotopic (exact) mass is 434 g/mol. The number of hydrogen-bond donors (Lipinski definition) is 2. The standard InChI is InChI=1S/C17H24F2N4O5S/c1-20-17(21-2-3-23-4-6-29(24,25)7-5-23)22-10-12-8-14-15(27-11-26-14)9-13(12)28-16(18)19/h8-9,16H,2-7,10-11H2,1H3,(H2,20,21,22). The summed E-state index contributed by atoms with van der Waals surface area (Å²) in [7, 11) is -1.30. The third-order valence-corrected chi connectivity index (χ3v) is 6.21. The van der Waals surface area contributed by atoms with E-state index in [4.69, 9.17) is 9.47 Å². The first-order valence-electron chi connectivity index (χ1n) is 9.11. The zero-order chi connectivity index (χ0) is 20.9. The second-order valence-electron chi connectivity index (χ2n) is 6.54. The van der Waals surface area contributed by atoms with Crippen LogP contribution in [-0.2, 0) is 16.4 Å².